The Labute approximate surface area is 127 Å². The Bertz CT molecular complexity index is 480. The summed E-state index contributed by atoms with van der Waals surface area (Å²) in [5.41, 5.74) is 2.49. The summed E-state index contributed by atoms with van der Waals surface area (Å²) in [6.07, 6.45) is 1.58. The Hall–Kier alpha value is -1.39. The molecule has 1 unspecified atom stereocenters. The predicted octanol–water partition coefficient (Wildman–Crippen LogP) is 2.19. The summed E-state index contributed by atoms with van der Waals surface area (Å²) < 4.78 is 5.83. The fourth-order valence-electron chi connectivity index (χ4n) is 2.56. The molecule has 2 rings (SSSR count). The van der Waals surface area contributed by atoms with Gasteiger partial charge in [-0.1, -0.05) is 24.3 Å². The molecule has 1 aliphatic heterocycles. The van der Waals surface area contributed by atoms with Gasteiger partial charge in [0.2, 0.25) is 5.91 Å². The Morgan fingerprint density at radius 1 is 1.33 bits per heavy atom. The number of ether oxygens (including phenoxy) is 1. The van der Waals surface area contributed by atoms with Crippen LogP contribution >= 0.6 is 0 Å². The summed E-state index contributed by atoms with van der Waals surface area (Å²) in [7, 11) is 0. The first-order valence-corrected chi connectivity index (χ1v) is 7.67. The molecule has 2 N–H and O–H groups in total. The number of nitrogens with one attached hydrogen (secondary N) is 2. The number of benzene rings is 1. The Kier molecular flexibility index (Phi) is 5.37. The summed E-state index contributed by atoms with van der Waals surface area (Å²) in [6, 6.07) is 8.43. The third-order valence-corrected chi connectivity index (χ3v) is 3.47. The topological polar surface area (TPSA) is 50.4 Å². The standard InChI is InChI=1S/C17H26N2O2/c1-17(2,3)19-16(20)8-10-18-12-15-14-7-5-4-6-13(14)9-11-21-15/h4-7,15,18H,8-12H2,1-3H3,(H,19,20). The zero-order chi connectivity index (χ0) is 15.3. The number of rotatable bonds is 5. The largest absolute Gasteiger partial charge is 0.372 e. The molecule has 0 aliphatic carbocycles. The highest BCUT2D eigenvalue weighted by atomic mass is 16.5. The van der Waals surface area contributed by atoms with Gasteiger partial charge in [0.05, 0.1) is 12.7 Å². The first-order chi connectivity index (χ1) is 9.96. The smallest absolute Gasteiger partial charge is 0.221 e. The van der Waals surface area contributed by atoms with Gasteiger partial charge in [0, 0.05) is 25.0 Å². The highest BCUT2D eigenvalue weighted by molar-refractivity contribution is 5.76. The summed E-state index contributed by atoms with van der Waals surface area (Å²) in [5, 5.41) is 6.29. The van der Waals surface area contributed by atoms with E-state index < -0.39 is 0 Å². The predicted molar refractivity (Wildman–Crippen MR) is 84.2 cm³/mol. The summed E-state index contributed by atoms with van der Waals surface area (Å²) >= 11 is 0. The van der Waals surface area contributed by atoms with Crippen LogP contribution in [-0.2, 0) is 16.0 Å². The quantitative estimate of drug-likeness (QED) is 0.817. The molecule has 1 amide bonds. The molecule has 0 radical (unpaired) electrons. The zero-order valence-corrected chi connectivity index (χ0v) is 13.2. The van der Waals surface area contributed by atoms with E-state index >= 15 is 0 Å². The van der Waals surface area contributed by atoms with E-state index in [2.05, 4.69) is 34.9 Å². The van der Waals surface area contributed by atoms with Crippen LogP contribution in [-0.4, -0.2) is 31.1 Å². The van der Waals surface area contributed by atoms with E-state index in [1.54, 1.807) is 0 Å². The number of hydrogen-bond acceptors (Lipinski definition) is 3. The Morgan fingerprint density at radius 3 is 2.86 bits per heavy atom. The van der Waals surface area contributed by atoms with Crippen molar-refractivity contribution in [2.75, 3.05) is 19.7 Å². The van der Waals surface area contributed by atoms with Crippen molar-refractivity contribution in [3.8, 4) is 0 Å². The molecule has 0 saturated carbocycles. The van der Waals surface area contributed by atoms with Crippen LogP contribution in [0.15, 0.2) is 24.3 Å². The zero-order valence-electron chi connectivity index (χ0n) is 13.2. The van der Waals surface area contributed by atoms with Gasteiger partial charge >= 0.3 is 0 Å². The number of fused-ring (bicyclic) bond motifs is 1. The maximum atomic E-state index is 11.7. The SMILES string of the molecule is CC(C)(C)NC(=O)CCNCC1OCCc2ccccc21. The summed E-state index contributed by atoms with van der Waals surface area (Å²) in [4.78, 5) is 11.7. The molecule has 1 aromatic carbocycles. The first kappa shape index (κ1) is 16.0. The third kappa shape index (κ3) is 5.14. The lowest BCUT2D eigenvalue weighted by Gasteiger charge is -2.26. The number of amides is 1. The van der Waals surface area contributed by atoms with E-state index in [1.165, 1.54) is 11.1 Å². The van der Waals surface area contributed by atoms with E-state index in [0.717, 1.165) is 19.6 Å². The third-order valence-electron chi connectivity index (χ3n) is 3.47. The van der Waals surface area contributed by atoms with Crippen molar-refractivity contribution >= 4 is 5.91 Å². The van der Waals surface area contributed by atoms with E-state index in [9.17, 15) is 4.79 Å². The second-order valence-corrected chi connectivity index (χ2v) is 6.56. The van der Waals surface area contributed by atoms with Gasteiger partial charge in [-0.3, -0.25) is 4.79 Å². The molecule has 0 fully saturated rings. The van der Waals surface area contributed by atoms with Crippen molar-refractivity contribution in [3.63, 3.8) is 0 Å². The lowest BCUT2D eigenvalue weighted by Crippen LogP contribution is -2.41. The van der Waals surface area contributed by atoms with Crippen molar-refractivity contribution in [1.82, 2.24) is 10.6 Å². The average Bonchev–Trinajstić information content (AvgIpc) is 2.42. The summed E-state index contributed by atoms with van der Waals surface area (Å²) in [5.74, 6) is 0.0833. The maximum Gasteiger partial charge on any atom is 0.221 e. The molecule has 21 heavy (non-hydrogen) atoms. The van der Waals surface area contributed by atoms with E-state index in [4.69, 9.17) is 4.74 Å². The molecule has 4 nitrogen and oxygen atoms in total. The molecule has 0 aromatic heterocycles. The van der Waals surface area contributed by atoms with Gasteiger partial charge in [-0.2, -0.15) is 0 Å². The molecule has 1 heterocycles. The van der Waals surface area contributed by atoms with Gasteiger partial charge in [0.15, 0.2) is 0 Å². The lowest BCUT2D eigenvalue weighted by molar-refractivity contribution is -0.122. The van der Waals surface area contributed by atoms with Gasteiger partial charge in [-0.25, -0.2) is 0 Å². The molecule has 0 bridgehead atoms. The normalized spacial score (nSPS) is 18.1. The van der Waals surface area contributed by atoms with Crippen LogP contribution in [0, 0.1) is 0 Å². The average molecular weight is 290 g/mol. The van der Waals surface area contributed by atoms with Crippen LogP contribution in [0.5, 0.6) is 0 Å². The first-order valence-electron chi connectivity index (χ1n) is 7.67. The van der Waals surface area contributed by atoms with Crippen LogP contribution in [0.3, 0.4) is 0 Å². The Balaban J connectivity index is 1.74. The van der Waals surface area contributed by atoms with Gasteiger partial charge in [-0.05, 0) is 38.3 Å². The monoisotopic (exact) mass is 290 g/mol. The Morgan fingerprint density at radius 2 is 2.10 bits per heavy atom. The second kappa shape index (κ2) is 7.05. The molecule has 0 spiro atoms. The van der Waals surface area contributed by atoms with Gasteiger partial charge < -0.3 is 15.4 Å². The van der Waals surface area contributed by atoms with Crippen LogP contribution in [0.2, 0.25) is 0 Å². The van der Waals surface area contributed by atoms with Gasteiger partial charge in [0.1, 0.15) is 0 Å². The second-order valence-electron chi connectivity index (χ2n) is 6.56. The van der Waals surface area contributed by atoms with Crippen molar-refractivity contribution in [3.05, 3.63) is 35.4 Å². The molecule has 1 aliphatic rings. The fourth-order valence-corrected chi connectivity index (χ4v) is 2.56. The van der Waals surface area contributed by atoms with Crippen molar-refractivity contribution in [2.45, 2.75) is 45.3 Å². The lowest BCUT2D eigenvalue weighted by atomic mass is 9.97. The van der Waals surface area contributed by atoms with Crippen LogP contribution in [0.4, 0.5) is 0 Å². The minimum Gasteiger partial charge on any atom is -0.372 e. The molecule has 4 heteroatoms. The molecule has 1 atom stereocenters. The minimum absolute atomic E-state index is 0.0833. The molecule has 1 aromatic rings. The minimum atomic E-state index is -0.164. The van der Waals surface area contributed by atoms with E-state index in [1.807, 2.05) is 20.8 Å². The highest BCUT2D eigenvalue weighted by Gasteiger charge is 2.20. The fraction of sp³-hybridized carbons (Fsp3) is 0.588. The molecule has 0 saturated heterocycles. The van der Waals surface area contributed by atoms with Crippen molar-refractivity contribution in [2.24, 2.45) is 0 Å². The molecule has 116 valence electrons. The molecular weight excluding hydrogens is 264 g/mol. The molecular formula is C17H26N2O2. The van der Waals surface area contributed by atoms with Crippen molar-refractivity contribution < 1.29 is 9.53 Å². The number of carbonyl (C=O) groups excluding carboxylic acids is 1. The summed E-state index contributed by atoms with van der Waals surface area (Å²) in [6.45, 7) is 8.17. The highest BCUT2D eigenvalue weighted by Crippen LogP contribution is 2.26. The number of hydrogen-bond donors (Lipinski definition) is 2. The van der Waals surface area contributed by atoms with Crippen molar-refractivity contribution in [1.29, 1.82) is 0 Å². The van der Waals surface area contributed by atoms with Crippen LogP contribution < -0.4 is 10.6 Å². The van der Waals surface area contributed by atoms with Crippen LogP contribution in [0.1, 0.15) is 44.4 Å². The van der Waals surface area contributed by atoms with E-state index in [-0.39, 0.29) is 17.6 Å². The van der Waals surface area contributed by atoms with E-state index in [0.29, 0.717) is 13.0 Å². The van der Waals surface area contributed by atoms with Gasteiger partial charge in [0.25, 0.3) is 0 Å². The number of carbonyl (C=O) groups is 1. The van der Waals surface area contributed by atoms with Crippen LogP contribution in [0.25, 0.3) is 0 Å². The van der Waals surface area contributed by atoms with Gasteiger partial charge in [-0.15, -0.1) is 0 Å². The maximum absolute atomic E-state index is 11.7.